The summed E-state index contributed by atoms with van der Waals surface area (Å²) in [6.07, 6.45) is 3.78. The molecule has 0 atom stereocenters. The second-order valence-electron chi connectivity index (χ2n) is 16.2. The highest BCUT2D eigenvalue weighted by atomic mass is 15.2. The summed E-state index contributed by atoms with van der Waals surface area (Å²) in [7, 11) is 0. The van der Waals surface area contributed by atoms with Crippen LogP contribution in [0.15, 0.2) is 158 Å². The van der Waals surface area contributed by atoms with Crippen molar-refractivity contribution in [1.29, 1.82) is 0 Å². The van der Waals surface area contributed by atoms with Gasteiger partial charge in [-0.15, -0.1) is 0 Å². The van der Waals surface area contributed by atoms with Gasteiger partial charge in [-0.1, -0.05) is 97.1 Å². The van der Waals surface area contributed by atoms with E-state index in [1.54, 1.807) is 0 Å². The van der Waals surface area contributed by atoms with Crippen LogP contribution >= 0.6 is 0 Å². The molecule has 0 saturated heterocycles. The Kier molecular flexibility index (Phi) is 10.0. The van der Waals surface area contributed by atoms with E-state index >= 15 is 0 Å². The number of anilines is 6. The molecule has 4 heteroatoms. The number of aromatic nitrogens is 2. The second-order valence-corrected chi connectivity index (χ2v) is 16.2. The first kappa shape index (κ1) is 38.5. The predicted octanol–water partition coefficient (Wildman–Crippen LogP) is 15.5. The molecule has 7 aromatic carbocycles. The lowest BCUT2D eigenvalue weighted by atomic mass is 9.85. The van der Waals surface area contributed by atoms with Crippen LogP contribution in [0.1, 0.15) is 44.5 Å². The zero-order valence-corrected chi connectivity index (χ0v) is 35.8. The minimum absolute atomic E-state index is 0.884. The van der Waals surface area contributed by atoms with E-state index < -0.39 is 0 Å². The molecule has 294 valence electrons. The summed E-state index contributed by atoms with van der Waals surface area (Å²) in [5.41, 5.74) is 19.2. The fourth-order valence-electron chi connectivity index (χ4n) is 9.10. The van der Waals surface area contributed by atoms with Gasteiger partial charge in [0, 0.05) is 23.8 Å². The molecule has 9 rings (SSSR count). The molecule has 0 saturated carbocycles. The third-order valence-electron chi connectivity index (χ3n) is 12.6. The van der Waals surface area contributed by atoms with Crippen LogP contribution in [0.3, 0.4) is 0 Å². The van der Waals surface area contributed by atoms with Crippen LogP contribution in [0.5, 0.6) is 0 Å². The lowest BCUT2D eigenvalue weighted by Gasteiger charge is -2.31. The fraction of sp³-hybridized carbons (Fsp3) is 0.143. The van der Waals surface area contributed by atoms with Gasteiger partial charge in [-0.3, -0.25) is 9.80 Å². The third-order valence-corrected chi connectivity index (χ3v) is 12.6. The molecule has 0 aliphatic carbocycles. The zero-order chi connectivity index (χ0) is 41.7. The van der Waals surface area contributed by atoms with Gasteiger partial charge in [0.05, 0.1) is 11.4 Å². The van der Waals surface area contributed by atoms with E-state index in [9.17, 15) is 0 Å². The van der Waals surface area contributed by atoms with Gasteiger partial charge in [0.15, 0.2) is 0 Å². The highest BCUT2D eigenvalue weighted by molar-refractivity contribution is 6.22. The Labute approximate surface area is 354 Å². The molecule has 0 fully saturated rings. The van der Waals surface area contributed by atoms with Crippen molar-refractivity contribution in [3.63, 3.8) is 0 Å². The SMILES string of the molecule is Cc1cc(C)c(C)c(N(c2ccc3c(-c4ccccc4)c4cc(N(c5ccccn5)c5c(C)c(C)cc(C)c5C)ccc4c(-c4ccccc4)c3c2)c2ccccn2)c1C. The van der Waals surface area contributed by atoms with Crippen LogP contribution in [-0.2, 0) is 0 Å². The maximum Gasteiger partial charge on any atom is 0.137 e. The second kappa shape index (κ2) is 15.6. The average Bonchev–Trinajstić information content (AvgIpc) is 3.28. The number of benzene rings is 7. The van der Waals surface area contributed by atoms with Crippen molar-refractivity contribution in [2.24, 2.45) is 0 Å². The molecule has 2 aromatic heterocycles. The van der Waals surface area contributed by atoms with Gasteiger partial charge in [0.25, 0.3) is 0 Å². The van der Waals surface area contributed by atoms with E-state index in [0.29, 0.717) is 0 Å². The van der Waals surface area contributed by atoms with Crippen molar-refractivity contribution in [1.82, 2.24) is 9.97 Å². The number of nitrogens with zero attached hydrogens (tertiary/aromatic N) is 4. The summed E-state index contributed by atoms with van der Waals surface area (Å²) in [5, 5.41) is 4.74. The maximum absolute atomic E-state index is 4.96. The number of hydrogen-bond acceptors (Lipinski definition) is 4. The van der Waals surface area contributed by atoms with Gasteiger partial charge in [0.1, 0.15) is 11.6 Å². The van der Waals surface area contributed by atoms with E-state index in [1.165, 1.54) is 99.7 Å². The van der Waals surface area contributed by atoms with Gasteiger partial charge >= 0.3 is 0 Å². The van der Waals surface area contributed by atoms with Crippen LogP contribution in [0, 0.1) is 55.4 Å². The van der Waals surface area contributed by atoms with Gasteiger partial charge < -0.3 is 0 Å². The summed E-state index contributed by atoms with van der Waals surface area (Å²) < 4.78 is 0. The molecule has 0 unspecified atom stereocenters. The molecule has 0 N–H and O–H groups in total. The molecular weight excluding hydrogens is 729 g/mol. The molecular formula is C56H50N4. The summed E-state index contributed by atoms with van der Waals surface area (Å²) in [5.74, 6) is 1.77. The number of aryl methyl sites for hydroxylation is 4. The molecule has 4 nitrogen and oxygen atoms in total. The summed E-state index contributed by atoms with van der Waals surface area (Å²) in [6, 6.07) is 52.7. The Morgan fingerprint density at radius 1 is 0.333 bits per heavy atom. The maximum atomic E-state index is 4.96. The van der Waals surface area contributed by atoms with Crippen molar-refractivity contribution < 1.29 is 0 Å². The first-order chi connectivity index (χ1) is 29.1. The van der Waals surface area contributed by atoms with Crippen LogP contribution < -0.4 is 9.80 Å². The molecule has 60 heavy (non-hydrogen) atoms. The minimum Gasteiger partial charge on any atom is -0.294 e. The Hall–Kier alpha value is -7.04. The van der Waals surface area contributed by atoms with Crippen LogP contribution in [-0.4, -0.2) is 9.97 Å². The Morgan fingerprint density at radius 3 is 1.02 bits per heavy atom. The van der Waals surface area contributed by atoms with E-state index in [4.69, 9.17) is 9.97 Å². The van der Waals surface area contributed by atoms with Gasteiger partial charge in [-0.25, -0.2) is 9.97 Å². The molecule has 0 amide bonds. The van der Waals surface area contributed by atoms with Crippen LogP contribution in [0.4, 0.5) is 34.4 Å². The first-order valence-corrected chi connectivity index (χ1v) is 20.8. The molecule has 0 spiro atoms. The standard InChI is InChI=1S/C56H50N4/c1-35-31-36(2)40(6)55(39(35)5)59(51-23-15-17-29-57-51)45-25-27-47-49(33-45)53(43-19-11-9-12-20-43)48-28-26-46(34-50(48)54(47)44-21-13-10-14-22-44)60(52-24-16-18-30-58-52)56-41(7)37(3)32-38(4)42(56)8/h9-34H,1-8H3. The lowest BCUT2D eigenvalue weighted by Crippen LogP contribution is -2.15. The first-order valence-electron chi connectivity index (χ1n) is 20.8. The Morgan fingerprint density at radius 2 is 0.683 bits per heavy atom. The molecule has 2 heterocycles. The zero-order valence-electron chi connectivity index (χ0n) is 35.8. The van der Waals surface area contributed by atoms with Crippen molar-refractivity contribution in [3.05, 3.63) is 202 Å². The summed E-state index contributed by atoms with van der Waals surface area (Å²) in [6.45, 7) is 17.8. The van der Waals surface area contributed by atoms with Gasteiger partial charge in [0.2, 0.25) is 0 Å². The fourth-order valence-corrected chi connectivity index (χ4v) is 9.10. The predicted molar refractivity (Wildman–Crippen MR) is 255 cm³/mol. The van der Waals surface area contributed by atoms with Crippen LogP contribution in [0.25, 0.3) is 43.8 Å². The van der Waals surface area contributed by atoms with Crippen LogP contribution in [0.2, 0.25) is 0 Å². The number of rotatable bonds is 8. The summed E-state index contributed by atoms with van der Waals surface area (Å²) in [4.78, 5) is 14.6. The monoisotopic (exact) mass is 778 g/mol. The third kappa shape index (κ3) is 6.59. The average molecular weight is 779 g/mol. The van der Waals surface area contributed by atoms with Crippen molar-refractivity contribution in [2.75, 3.05) is 9.80 Å². The lowest BCUT2D eigenvalue weighted by molar-refractivity contribution is 1.13. The number of fused-ring (bicyclic) bond motifs is 2. The van der Waals surface area contributed by atoms with E-state index in [0.717, 1.165) is 23.0 Å². The Balaban J connectivity index is 1.40. The number of pyridine rings is 2. The molecule has 9 aromatic rings. The smallest absolute Gasteiger partial charge is 0.137 e. The molecule has 0 aliphatic rings. The Bertz CT molecular complexity index is 2790. The topological polar surface area (TPSA) is 32.3 Å². The molecule has 0 bridgehead atoms. The van der Waals surface area contributed by atoms with E-state index in [2.05, 4.69) is 199 Å². The quantitative estimate of drug-likeness (QED) is 0.144. The minimum atomic E-state index is 0.884. The van der Waals surface area contributed by atoms with E-state index in [-0.39, 0.29) is 0 Å². The van der Waals surface area contributed by atoms with Gasteiger partial charge in [-0.2, -0.15) is 0 Å². The number of hydrogen-bond donors (Lipinski definition) is 0. The van der Waals surface area contributed by atoms with Crippen molar-refractivity contribution in [2.45, 2.75) is 55.4 Å². The highest BCUT2D eigenvalue weighted by Gasteiger charge is 2.25. The molecule has 0 radical (unpaired) electrons. The van der Waals surface area contributed by atoms with Crippen molar-refractivity contribution in [3.8, 4) is 22.3 Å². The highest BCUT2D eigenvalue weighted by Crippen LogP contribution is 2.49. The largest absolute Gasteiger partial charge is 0.294 e. The normalized spacial score (nSPS) is 11.3. The molecule has 0 aliphatic heterocycles. The summed E-state index contributed by atoms with van der Waals surface area (Å²) >= 11 is 0. The van der Waals surface area contributed by atoms with Gasteiger partial charge in [-0.05, 0) is 192 Å². The van der Waals surface area contributed by atoms with E-state index in [1.807, 2.05) is 24.5 Å². The van der Waals surface area contributed by atoms with Crippen molar-refractivity contribution >= 4 is 55.9 Å².